The van der Waals surface area contributed by atoms with Gasteiger partial charge >= 0.3 is 0 Å². The van der Waals surface area contributed by atoms with Gasteiger partial charge in [0, 0.05) is 19.2 Å². The third kappa shape index (κ3) is 2.77. The van der Waals surface area contributed by atoms with Gasteiger partial charge in [0.05, 0.1) is 40.2 Å². The molecule has 1 atom stereocenters. The van der Waals surface area contributed by atoms with Gasteiger partial charge in [-0.1, -0.05) is 0 Å². The van der Waals surface area contributed by atoms with Crippen molar-refractivity contribution in [2.75, 3.05) is 46.5 Å². The summed E-state index contributed by atoms with van der Waals surface area (Å²) < 4.78 is 25.7. The molecular formula is C15H19NO7. The van der Waals surface area contributed by atoms with E-state index in [9.17, 15) is 9.59 Å². The number of β-lactam (4-membered cyclic amide) rings is 1. The number of carbonyl (C=O) groups excluding carboxylic acids is 2. The van der Waals surface area contributed by atoms with Crippen molar-refractivity contribution in [1.29, 1.82) is 0 Å². The van der Waals surface area contributed by atoms with Crippen LogP contribution in [-0.2, 0) is 19.1 Å². The Labute approximate surface area is 133 Å². The van der Waals surface area contributed by atoms with Gasteiger partial charge in [0.15, 0.2) is 11.5 Å². The molecule has 23 heavy (non-hydrogen) atoms. The highest BCUT2D eigenvalue weighted by Gasteiger charge is 2.55. The Morgan fingerprint density at radius 1 is 1.13 bits per heavy atom. The van der Waals surface area contributed by atoms with Gasteiger partial charge in [0.1, 0.15) is 0 Å². The molecular weight excluding hydrogens is 306 g/mol. The van der Waals surface area contributed by atoms with Crippen LogP contribution in [0.15, 0.2) is 12.1 Å². The Morgan fingerprint density at radius 3 is 2.13 bits per heavy atom. The van der Waals surface area contributed by atoms with E-state index >= 15 is 0 Å². The van der Waals surface area contributed by atoms with E-state index in [-0.39, 0.29) is 25.5 Å². The molecule has 0 N–H and O–H groups in total. The molecule has 1 fully saturated rings. The number of hydrogen-bond donors (Lipinski definition) is 0. The molecule has 1 heterocycles. The van der Waals surface area contributed by atoms with Crippen LogP contribution in [0.5, 0.6) is 17.2 Å². The van der Waals surface area contributed by atoms with Crippen molar-refractivity contribution in [1.82, 2.24) is 0 Å². The number of hydrogen-bond acceptors (Lipinski definition) is 7. The zero-order chi connectivity index (χ0) is 17.0. The number of carbonyl (C=O) groups is 2. The predicted octanol–water partition coefficient (Wildman–Crippen LogP) is 0.617. The lowest BCUT2D eigenvalue weighted by molar-refractivity contribution is -0.170. The number of ether oxygens (including phenoxy) is 5. The maximum absolute atomic E-state index is 12.5. The molecule has 2 rings (SSSR count). The SMILES string of the molecule is COC[C@]1(OC=O)CN(c2cc(OC)c(OC)c(OC)c2)C1=O. The Hall–Kier alpha value is -2.48. The van der Waals surface area contributed by atoms with E-state index in [1.807, 2.05) is 0 Å². The lowest BCUT2D eigenvalue weighted by atomic mass is 9.92. The first-order valence-electron chi connectivity index (χ1n) is 6.79. The topological polar surface area (TPSA) is 83.5 Å². The molecule has 8 heteroatoms. The van der Waals surface area contributed by atoms with Crippen LogP contribution in [0.3, 0.4) is 0 Å². The highest BCUT2D eigenvalue weighted by molar-refractivity contribution is 6.07. The van der Waals surface area contributed by atoms with Gasteiger partial charge in [-0.05, 0) is 0 Å². The van der Waals surface area contributed by atoms with E-state index in [2.05, 4.69) is 0 Å². The fourth-order valence-corrected chi connectivity index (χ4v) is 2.54. The molecule has 0 bridgehead atoms. The standard InChI is InChI=1S/C15H19NO7/c1-19-8-15(23-9-17)7-16(14(15)18)10-5-11(20-2)13(22-4)12(6-10)21-3/h5-6,9H,7-8H2,1-4H3/t15-/m1/s1. The Bertz CT molecular complexity index is 578. The number of anilines is 1. The average molecular weight is 325 g/mol. The predicted molar refractivity (Wildman–Crippen MR) is 80.2 cm³/mol. The van der Waals surface area contributed by atoms with Crippen molar-refractivity contribution < 1.29 is 33.3 Å². The van der Waals surface area contributed by atoms with E-state index in [1.165, 1.54) is 33.3 Å². The van der Waals surface area contributed by atoms with Crippen LogP contribution in [0, 0.1) is 0 Å². The summed E-state index contributed by atoms with van der Waals surface area (Å²) in [5, 5.41) is 0. The van der Waals surface area contributed by atoms with Crippen LogP contribution in [0.25, 0.3) is 0 Å². The average Bonchev–Trinajstić information content (AvgIpc) is 2.57. The van der Waals surface area contributed by atoms with Crippen LogP contribution in [-0.4, -0.2) is 59.6 Å². The van der Waals surface area contributed by atoms with Crippen molar-refractivity contribution in [3.63, 3.8) is 0 Å². The van der Waals surface area contributed by atoms with E-state index in [4.69, 9.17) is 23.7 Å². The van der Waals surface area contributed by atoms with E-state index < -0.39 is 5.60 Å². The fraction of sp³-hybridized carbons (Fsp3) is 0.467. The second kappa shape index (κ2) is 6.74. The lowest BCUT2D eigenvalue weighted by Crippen LogP contribution is -2.70. The minimum Gasteiger partial charge on any atom is -0.493 e. The number of amides is 1. The maximum Gasteiger partial charge on any atom is 0.294 e. The number of methoxy groups -OCH3 is 4. The highest BCUT2D eigenvalue weighted by Crippen LogP contribution is 2.43. The number of nitrogens with zero attached hydrogens (tertiary/aromatic N) is 1. The first kappa shape index (κ1) is 16.9. The smallest absolute Gasteiger partial charge is 0.294 e. The summed E-state index contributed by atoms with van der Waals surface area (Å²) in [6.07, 6.45) is 0. The summed E-state index contributed by atoms with van der Waals surface area (Å²) in [5.41, 5.74) is -0.734. The van der Waals surface area contributed by atoms with Gasteiger partial charge in [-0.2, -0.15) is 0 Å². The Kier molecular flexibility index (Phi) is 4.95. The van der Waals surface area contributed by atoms with Crippen molar-refractivity contribution >= 4 is 18.1 Å². The second-order valence-corrected chi connectivity index (χ2v) is 4.92. The first-order chi connectivity index (χ1) is 11.1. The van der Waals surface area contributed by atoms with Gasteiger partial charge in [-0.3, -0.25) is 9.59 Å². The molecule has 1 amide bonds. The minimum absolute atomic E-state index is 0.00843. The highest BCUT2D eigenvalue weighted by atomic mass is 16.6. The summed E-state index contributed by atoms with van der Waals surface area (Å²) >= 11 is 0. The third-order valence-corrected chi connectivity index (χ3v) is 3.66. The molecule has 126 valence electrons. The van der Waals surface area contributed by atoms with Gasteiger partial charge in [0.25, 0.3) is 12.4 Å². The normalized spacial score (nSPS) is 19.8. The van der Waals surface area contributed by atoms with Gasteiger partial charge in [-0.25, -0.2) is 0 Å². The molecule has 8 nitrogen and oxygen atoms in total. The monoisotopic (exact) mass is 325 g/mol. The van der Waals surface area contributed by atoms with Crippen LogP contribution >= 0.6 is 0 Å². The second-order valence-electron chi connectivity index (χ2n) is 4.92. The first-order valence-corrected chi connectivity index (χ1v) is 6.79. The molecule has 0 aromatic heterocycles. The van der Waals surface area contributed by atoms with Crippen molar-refractivity contribution in [3.05, 3.63) is 12.1 Å². The molecule has 1 saturated heterocycles. The van der Waals surface area contributed by atoms with E-state index in [0.29, 0.717) is 22.9 Å². The molecule has 1 aromatic carbocycles. The zero-order valence-corrected chi connectivity index (χ0v) is 13.5. The third-order valence-electron chi connectivity index (χ3n) is 3.66. The summed E-state index contributed by atoms with van der Waals surface area (Å²) in [5.74, 6) is 0.908. The van der Waals surface area contributed by atoms with Crippen molar-refractivity contribution in [2.45, 2.75) is 5.60 Å². The van der Waals surface area contributed by atoms with Gasteiger partial charge in [-0.15, -0.1) is 0 Å². The van der Waals surface area contributed by atoms with E-state index in [1.54, 1.807) is 12.1 Å². The number of rotatable bonds is 8. The molecule has 0 unspecified atom stereocenters. The lowest BCUT2D eigenvalue weighted by Gasteiger charge is -2.46. The quantitative estimate of drug-likeness (QED) is 0.512. The fourth-order valence-electron chi connectivity index (χ4n) is 2.54. The Balaban J connectivity index is 2.34. The molecule has 0 aliphatic carbocycles. The summed E-state index contributed by atoms with van der Waals surface area (Å²) in [7, 11) is 5.91. The Morgan fingerprint density at radius 2 is 1.74 bits per heavy atom. The van der Waals surface area contributed by atoms with Gasteiger partial charge < -0.3 is 28.6 Å². The molecule has 0 radical (unpaired) electrons. The summed E-state index contributed by atoms with van der Waals surface area (Å²) in [6.45, 7) is 0.423. The maximum atomic E-state index is 12.5. The van der Waals surface area contributed by atoms with Crippen molar-refractivity contribution in [2.24, 2.45) is 0 Å². The number of benzene rings is 1. The molecule has 1 aliphatic rings. The molecule has 0 spiro atoms. The van der Waals surface area contributed by atoms with E-state index in [0.717, 1.165) is 0 Å². The zero-order valence-electron chi connectivity index (χ0n) is 13.5. The summed E-state index contributed by atoms with van der Waals surface area (Å²) in [4.78, 5) is 24.6. The molecule has 1 aromatic rings. The van der Waals surface area contributed by atoms with Crippen LogP contribution in [0.1, 0.15) is 0 Å². The van der Waals surface area contributed by atoms with Crippen molar-refractivity contribution in [3.8, 4) is 17.2 Å². The largest absolute Gasteiger partial charge is 0.493 e. The minimum atomic E-state index is -1.28. The molecule has 0 saturated carbocycles. The van der Waals surface area contributed by atoms with Crippen LogP contribution in [0.2, 0.25) is 0 Å². The van der Waals surface area contributed by atoms with Gasteiger partial charge in [0.2, 0.25) is 11.4 Å². The van der Waals surface area contributed by atoms with Crippen LogP contribution < -0.4 is 19.1 Å². The molecule has 1 aliphatic heterocycles. The van der Waals surface area contributed by atoms with Crippen LogP contribution in [0.4, 0.5) is 5.69 Å². The summed E-state index contributed by atoms with van der Waals surface area (Å²) in [6, 6.07) is 3.30.